The molecule has 6 heteroatoms. The van der Waals surface area contributed by atoms with Gasteiger partial charge < -0.3 is 10.1 Å². The topological polar surface area (TPSA) is 38.3 Å². The molecule has 24 heavy (non-hydrogen) atoms. The van der Waals surface area contributed by atoms with Crippen LogP contribution in [-0.4, -0.2) is 24.8 Å². The number of ether oxygens (including phenoxy) is 1. The first-order valence-electron chi connectivity index (χ1n) is 7.49. The quantitative estimate of drug-likeness (QED) is 0.592. The highest BCUT2D eigenvalue weighted by Gasteiger charge is 2.07. The van der Waals surface area contributed by atoms with Crippen molar-refractivity contribution in [3.8, 4) is 5.75 Å². The summed E-state index contributed by atoms with van der Waals surface area (Å²) < 4.78 is 28.4. The van der Waals surface area contributed by atoms with Gasteiger partial charge in [-0.15, -0.1) is 11.8 Å². The minimum atomic E-state index is -2.87. The highest BCUT2D eigenvalue weighted by Crippen LogP contribution is 2.20. The molecule has 0 saturated carbocycles. The average molecular weight is 351 g/mol. The van der Waals surface area contributed by atoms with Gasteiger partial charge in [0.05, 0.1) is 0 Å². The van der Waals surface area contributed by atoms with Crippen LogP contribution in [0.5, 0.6) is 5.75 Å². The number of hydrogen-bond acceptors (Lipinski definition) is 3. The first kappa shape index (κ1) is 18.3. The van der Waals surface area contributed by atoms with Gasteiger partial charge in [-0.3, -0.25) is 4.79 Å². The average Bonchev–Trinajstić information content (AvgIpc) is 2.54. The van der Waals surface area contributed by atoms with Crippen LogP contribution in [-0.2, 0) is 0 Å². The largest absolute Gasteiger partial charge is 0.435 e. The fourth-order valence-electron chi connectivity index (χ4n) is 2.03. The van der Waals surface area contributed by atoms with Crippen LogP contribution in [0, 0.1) is 13.8 Å². The van der Waals surface area contributed by atoms with E-state index in [1.165, 1.54) is 40.3 Å². The van der Waals surface area contributed by atoms with Gasteiger partial charge in [0.2, 0.25) is 0 Å². The molecule has 0 fully saturated rings. The Balaban J connectivity index is 1.77. The highest BCUT2D eigenvalue weighted by molar-refractivity contribution is 7.99. The molecule has 0 unspecified atom stereocenters. The van der Waals surface area contributed by atoms with Crippen LogP contribution < -0.4 is 10.1 Å². The molecule has 0 aliphatic heterocycles. The van der Waals surface area contributed by atoms with Gasteiger partial charge in [-0.1, -0.05) is 6.07 Å². The molecule has 0 aromatic heterocycles. The number of nitrogens with one attached hydrogen (secondary N) is 1. The molecule has 1 amide bonds. The van der Waals surface area contributed by atoms with Gasteiger partial charge >= 0.3 is 6.61 Å². The van der Waals surface area contributed by atoms with Crippen LogP contribution in [0.4, 0.5) is 8.78 Å². The van der Waals surface area contributed by atoms with E-state index in [0.29, 0.717) is 12.1 Å². The van der Waals surface area contributed by atoms with E-state index in [-0.39, 0.29) is 11.7 Å². The molecule has 0 spiro atoms. The summed E-state index contributed by atoms with van der Waals surface area (Å²) in [6, 6.07) is 11.9. The predicted octanol–water partition coefficient (Wildman–Crippen LogP) is 4.43. The van der Waals surface area contributed by atoms with Gasteiger partial charge in [0, 0.05) is 22.8 Å². The van der Waals surface area contributed by atoms with Gasteiger partial charge in [-0.25, -0.2) is 0 Å². The summed E-state index contributed by atoms with van der Waals surface area (Å²) in [5, 5.41) is 2.81. The first-order valence-corrected chi connectivity index (χ1v) is 8.47. The van der Waals surface area contributed by atoms with Crippen LogP contribution in [0.15, 0.2) is 47.4 Å². The molecular weight excluding hydrogens is 332 g/mol. The third-order valence-electron chi connectivity index (χ3n) is 3.48. The molecular formula is C18H19F2NO2S. The van der Waals surface area contributed by atoms with Crippen molar-refractivity contribution in [3.05, 3.63) is 59.2 Å². The Morgan fingerprint density at radius 1 is 1.12 bits per heavy atom. The van der Waals surface area contributed by atoms with E-state index < -0.39 is 6.61 Å². The Morgan fingerprint density at radius 3 is 2.46 bits per heavy atom. The van der Waals surface area contributed by atoms with Gasteiger partial charge in [-0.2, -0.15) is 8.78 Å². The minimum absolute atomic E-state index is 0.0341. The predicted molar refractivity (Wildman–Crippen MR) is 92.0 cm³/mol. The fraction of sp³-hybridized carbons (Fsp3) is 0.278. The lowest BCUT2D eigenvalue weighted by Crippen LogP contribution is -2.25. The number of thioether (sulfide) groups is 1. The molecule has 0 saturated heterocycles. The molecule has 1 N–H and O–H groups in total. The summed E-state index contributed by atoms with van der Waals surface area (Å²) in [5.74, 6) is 0.548. The lowest BCUT2D eigenvalue weighted by Gasteiger charge is -2.08. The van der Waals surface area contributed by atoms with E-state index in [1.807, 2.05) is 0 Å². The first-order chi connectivity index (χ1) is 11.5. The molecule has 0 bridgehead atoms. The second-order valence-electron chi connectivity index (χ2n) is 5.25. The third-order valence-corrected chi connectivity index (χ3v) is 4.47. The molecule has 0 heterocycles. The zero-order valence-corrected chi connectivity index (χ0v) is 14.3. The Morgan fingerprint density at radius 2 is 1.83 bits per heavy atom. The number of benzene rings is 2. The molecule has 3 nitrogen and oxygen atoms in total. The van der Waals surface area contributed by atoms with E-state index in [0.717, 1.165) is 5.75 Å². The molecule has 2 rings (SSSR count). The Kier molecular flexibility index (Phi) is 6.61. The third kappa shape index (κ3) is 5.53. The number of carbonyl (C=O) groups excluding carboxylic acids is 1. The van der Waals surface area contributed by atoms with Gasteiger partial charge in [0.1, 0.15) is 5.75 Å². The highest BCUT2D eigenvalue weighted by atomic mass is 32.2. The van der Waals surface area contributed by atoms with E-state index in [4.69, 9.17) is 0 Å². The number of hydrogen-bond donors (Lipinski definition) is 1. The zero-order valence-electron chi connectivity index (χ0n) is 13.5. The molecule has 0 aliphatic rings. The standard InChI is InChI=1S/C18H19F2NO2S/c1-12-3-8-16(11-13(12)2)24-10-9-21-17(22)14-4-6-15(7-5-14)23-18(19)20/h3-8,11,18H,9-10H2,1-2H3,(H,21,22). The Labute approximate surface area is 144 Å². The van der Waals surface area contributed by atoms with Crippen LogP contribution >= 0.6 is 11.8 Å². The zero-order chi connectivity index (χ0) is 17.5. The van der Waals surface area contributed by atoms with Crippen molar-refractivity contribution in [2.75, 3.05) is 12.3 Å². The van der Waals surface area contributed by atoms with E-state index in [1.54, 1.807) is 11.8 Å². The second kappa shape index (κ2) is 8.68. The van der Waals surface area contributed by atoms with Crippen molar-refractivity contribution in [1.82, 2.24) is 5.32 Å². The summed E-state index contributed by atoms with van der Waals surface area (Å²) in [6.45, 7) is 1.79. The Hall–Kier alpha value is -2.08. The summed E-state index contributed by atoms with van der Waals surface area (Å²) >= 11 is 1.67. The van der Waals surface area contributed by atoms with Crippen molar-refractivity contribution < 1.29 is 18.3 Å². The Bertz CT molecular complexity index is 690. The molecule has 2 aromatic rings. The second-order valence-corrected chi connectivity index (χ2v) is 6.42. The number of amides is 1. The van der Waals surface area contributed by atoms with E-state index in [9.17, 15) is 13.6 Å². The van der Waals surface area contributed by atoms with Gasteiger partial charge in [-0.05, 0) is 61.4 Å². The molecule has 2 aromatic carbocycles. The molecule has 0 radical (unpaired) electrons. The lowest BCUT2D eigenvalue weighted by molar-refractivity contribution is -0.0498. The van der Waals surface area contributed by atoms with Crippen LogP contribution in [0.1, 0.15) is 21.5 Å². The summed E-state index contributed by atoms with van der Waals surface area (Å²) in [6.07, 6.45) is 0. The summed E-state index contributed by atoms with van der Waals surface area (Å²) in [4.78, 5) is 13.1. The van der Waals surface area contributed by atoms with E-state index in [2.05, 4.69) is 42.1 Å². The number of halogens is 2. The molecule has 128 valence electrons. The number of carbonyl (C=O) groups is 1. The smallest absolute Gasteiger partial charge is 0.387 e. The van der Waals surface area contributed by atoms with Crippen LogP contribution in [0.3, 0.4) is 0 Å². The van der Waals surface area contributed by atoms with Crippen LogP contribution in [0.25, 0.3) is 0 Å². The van der Waals surface area contributed by atoms with Gasteiger partial charge in [0.15, 0.2) is 0 Å². The maximum Gasteiger partial charge on any atom is 0.387 e. The number of rotatable bonds is 7. The fourth-order valence-corrected chi connectivity index (χ4v) is 2.89. The van der Waals surface area contributed by atoms with Crippen LogP contribution in [0.2, 0.25) is 0 Å². The van der Waals surface area contributed by atoms with Crippen molar-refractivity contribution in [2.24, 2.45) is 0 Å². The van der Waals surface area contributed by atoms with Crippen molar-refractivity contribution >= 4 is 17.7 Å². The minimum Gasteiger partial charge on any atom is -0.435 e. The number of alkyl halides is 2. The molecule has 0 atom stereocenters. The van der Waals surface area contributed by atoms with Gasteiger partial charge in [0.25, 0.3) is 5.91 Å². The number of aryl methyl sites for hydroxylation is 2. The summed E-state index contributed by atoms with van der Waals surface area (Å²) in [7, 11) is 0. The van der Waals surface area contributed by atoms with E-state index >= 15 is 0 Å². The van der Waals surface area contributed by atoms with Crippen molar-refractivity contribution in [3.63, 3.8) is 0 Å². The normalized spacial score (nSPS) is 10.7. The van der Waals surface area contributed by atoms with Crippen molar-refractivity contribution in [2.45, 2.75) is 25.4 Å². The molecule has 0 aliphatic carbocycles. The SMILES string of the molecule is Cc1ccc(SCCNC(=O)c2ccc(OC(F)F)cc2)cc1C. The summed E-state index contributed by atoms with van der Waals surface area (Å²) in [5.41, 5.74) is 2.91. The maximum absolute atomic E-state index is 12.1. The maximum atomic E-state index is 12.1. The lowest BCUT2D eigenvalue weighted by atomic mass is 10.1. The van der Waals surface area contributed by atoms with Crippen molar-refractivity contribution in [1.29, 1.82) is 0 Å². The monoisotopic (exact) mass is 351 g/mol.